The van der Waals surface area contributed by atoms with Crippen LogP contribution in [0.5, 0.6) is 0 Å². The maximum atomic E-state index is 11.2. The van der Waals surface area contributed by atoms with Crippen LogP contribution in [0.1, 0.15) is 27.2 Å². The van der Waals surface area contributed by atoms with E-state index in [4.69, 9.17) is 4.74 Å². The van der Waals surface area contributed by atoms with E-state index in [0.717, 1.165) is 6.42 Å². The van der Waals surface area contributed by atoms with Crippen LogP contribution < -0.4 is 5.32 Å². The molecule has 0 heterocycles. The number of amides is 1. The van der Waals surface area contributed by atoms with Crippen LogP contribution in [0.15, 0.2) is 11.8 Å². The number of hydrogen-bond donors (Lipinski definition) is 1. The fraction of sp³-hybridized carbons (Fsp3) is 0.600. The van der Waals surface area contributed by atoms with E-state index < -0.39 is 12.1 Å². The summed E-state index contributed by atoms with van der Waals surface area (Å²) >= 11 is 0. The molecular weight excluding hydrogens is 198 g/mol. The van der Waals surface area contributed by atoms with E-state index in [1.54, 1.807) is 13.8 Å². The van der Waals surface area contributed by atoms with Crippen molar-refractivity contribution in [2.24, 2.45) is 0 Å². The minimum Gasteiger partial charge on any atom is -0.462 e. The number of carbonyl (C=O) groups is 2. The van der Waals surface area contributed by atoms with Crippen molar-refractivity contribution in [3.05, 3.63) is 11.8 Å². The average molecular weight is 215 g/mol. The van der Waals surface area contributed by atoms with E-state index in [9.17, 15) is 9.59 Å². The Morgan fingerprint density at radius 1 is 1.27 bits per heavy atom. The quantitative estimate of drug-likeness (QED) is 0.558. The maximum absolute atomic E-state index is 11.2. The first kappa shape index (κ1) is 13.5. The third-order valence-electron chi connectivity index (χ3n) is 1.44. The van der Waals surface area contributed by atoms with Crippen LogP contribution in [-0.4, -0.2) is 25.3 Å². The molecule has 86 valence electrons. The van der Waals surface area contributed by atoms with Gasteiger partial charge in [-0.3, -0.25) is 5.32 Å². The van der Waals surface area contributed by atoms with Gasteiger partial charge in [0.25, 0.3) is 0 Å². The van der Waals surface area contributed by atoms with Crippen LogP contribution in [0.3, 0.4) is 0 Å². The molecule has 1 amide bonds. The Hall–Kier alpha value is -1.52. The molecule has 0 aromatic carbocycles. The van der Waals surface area contributed by atoms with Gasteiger partial charge in [-0.15, -0.1) is 0 Å². The lowest BCUT2D eigenvalue weighted by atomic mass is 10.3. The van der Waals surface area contributed by atoms with Crippen LogP contribution in [0.4, 0.5) is 4.79 Å². The van der Waals surface area contributed by atoms with Gasteiger partial charge in [0, 0.05) is 6.20 Å². The molecule has 15 heavy (non-hydrogen) atoms. The summed E-state index contributed by atoms with van der Waals surface area (Å²) in [5.74, 6) is -0.436. The minimum atomic E-state index is -0.583. The van der Waals surface area contributed by atoms with Crippen molar-refractivity contribution in [3.8, 4) is 0 Å². The first-order valence-electron chi connectivity index (χ1n) is 4.89. The highest BCUT2D eigenvalue weighted by Crippen LogP contribution is 1.95. The second-order valence-corrected chi connectivity index (χ2v) is 2.83. The maximum Gasteiger partial charge on any atom is 0.411 e. The van der Waals surface area contributed by atoms with E-state index in [1.165, 1.54) is 6.20 Å². The van der Waals surface area contributed by atoms with Crippen LogP contribution >= 0.6 is 0 Å². The lowest BCUT2D eigenvalue weighted by Gasteiger charge is -2.04. The number of hydrogen-bond acceptors (Lipinski definition) is 4. The highest BCUT2D eigenvalue weighted by molar-refractivity contribution is 5.88. The lowest BCUT2D eigenvalue weighted by molar-refractivity contribution is -0.139. The normalized spacial score (nSPS) is 10.7. The molecule has 1 N–H and O–H groups in total. The first-order valence-corrected chi connectivity index (χ1v) is 4.89. The summed E-state index contributed by atoms with van der Waals surface area (Å²) in [6, 6.07) is 0. The molecule has 0 saturated carbocycles. The standard InChI is InChI=1S/C10H17NO4/c1-4-6-15-9(12)8(3)7-11-10(13)14-5-2/h7H,4-6H2,1-3H3,(H,11,13). The Labute approximate surface area is 89.4 Å². The molecule has 0 aromatic heterocycles. The van der Waals surface area contributed by atoms with Crippen molar-refractivity contribution in [3.63, 3.8) is 0 Å². The molecule has 0 saturated heterocycles. The van der Waals surface area contributed by atoms with Gasteiger partial charge in [-0.2, -0.15) is 0 Å². The molecule has 0 bridgehead atoms. The molecule has 0 aliphatic rings. The molecule has 0 rings (SSSR count). The molecule has 0 unspecified atom stereocenters. The van der Waals surface area contributed by atoms with Crippen LogP contribution in [-0.2, 0) is 14.3 Å². The summed E-state index contributed by atoms with van der Waals surface area (Å²) in [6.45, 7) is 5.83. The zero-order chi connectivity index (χ0) is 11.7. The summed E-state index contributed by atoms with van der Waals surface area (Å²) < 4.78 is 9.45. The predicted molar refractivity (Wildman–Crippen MR) is 55.2 cm³/mol. The van der Waals surface area contributed by atoms with Gasteiger partial charge in [0.2, 0.25) is 0 Å². The Morgan fingerprint density at radius 3 is 2.47 bits per heavy atom. The summed E-state index contributed by atoms with van der Waals surface area (Å²) in [7, 11) is 0. The predicted octanol–water partition coefficient (Wildman–Crippen LogP) is 1.59. The molecule has 0 atom stereocenters. The van der Waals surface area contributed by atoms with Crippen LogP contribution in [0.2, 0.25) is 0 Å². The highest BCUT2D eigenvalue weighted by atomic mass is 16.5. The molecule has 0 aliphatic carbocycles. The number of carbonyl (C=O) groups excluding carboxylic acids is 2. The molecule has 0 radical (unpaired) electrons. The zero-order valence-electron chi connectivity index (χ0n) is 9.33. The highest BCUT2D eigenvalue weighted by Gasteiger charge is 2.05. The SMILES string of the molecule is CCCOC(=O)C(C)=CNC(=O)OCC. The van der Waals surface area contributed by atoms with E-state index in [1.807, 2.05) is 6.92 Å². The van der Waals surface area contributed by atoms with Crippen LogP contribution in [0.25, 0.3) is 0 Å². The molecule has 0 aliphatic heterocycles. The summed E-state index contributed by atoms with van der Waals surface area (Å²) in [5, 5.41) is 2.32. The minimum absolute atomic E-state index is 0.291. The Morgan fingerprint density at radius 2 is 1.93 bits per heavy atom. The molecule has 0 fully saturated rings. The van der Waals surface area contributed by atoms with Gasteiger partial charge in [-0.1, -0.05) is 6.92 Å². The van der Waals surface area contributed by atoms with E-state index >= 15 is 0 Å². The van der Waals surface area contributed by atoms with Gasteiger partial charge >= 0.3 is 12.1 Å². The third-order valence-corrected chi connectivity index (χ3v) is 1.44. The smallest absolute Gasteiger partial charge is 0.411 e. The zero-order valence-corrected chi connectivity index (χ0v) is 9.33. The molecule has 5 heteroatoms. The summed E-state index contributed by atoms with van der Waals surface area (Å²) in [4.78, 5) is 22.0. The monoisotopic (exact) mass is 215 g/mol. The largest absolute Gasteiger partial charge is 0.462 e. The number of ether oxygens (including phenoxy) is 2. The van der Waals surface area contributed by atoms with Crippen molar-refractivity contribution in [2.45, 2.75) is 27.2 Å². The second kappa shape index (κ2) is 7.84. The van der Waals surface area contributed by atoms with Gasteiger partial charge in [-0.05, 0) is 20.3 Å². The van der Waals surface area contributed by atoms with Crippen molar-refractivity contribution in [1.82, 2.24) is 5.32 Å². The van der Waals surface area contributed by atoms with Gasteiger partial charge in [0.1, 0.15) is 0 Å². The van der Waals surface area contributed by atoms with Crippen molar-refractivity contribution >= 4 is 12.1 Å². The van der Waals surface area contributed by atoms with E-state index in [0.29, 0.717) is 18.8 Å². The summed E-state index contributed by atoms with van der Waals surface area (Å²) in [5.41, 5.74) is 0.330. The van der Waals surface area contributed by atoms with Gasteiger partial charge in [0.05, 0.1) is 18.8 Å². The molecular formula is C10H17NO4. The van der Waals surface area contributed by atoms with Gasteiger partial charge in [0.15, 0.2) is 0 Å². The fourth-order valence-electron chi connectivity index (χ4n) is 0.707. The number of rotatable bonds is 5. The lowest BCUT2D eigenvalue weighted by Crippen LogP contribution is -2.20. The Bertz CT molecular complexity index is 248. The molecule has 0 aromatic rings. The van der Waals surface area contributed by atoms with Crippen LogP contribution in [0, 0.1) is 0 Å². The Kier molecular flexibility index (Phi) is 7.05. The van der Waals surface area contributed by atoms with E-state index in [-0.39, 0.29) is 0 Å². The topological polar surface area (TPSA) is 64.6 Å². The second-order valence-electron chi connectivity index (χ2n) is 2.83. The summed E-state index contributed by atoms with van der Waals surface area (Å²) in [6.07, 6.45) is 1.46. The van der Waals surface area contributed by atoms with Crippen molar-refractivity contribution in [2.75, 3.05) is 13.2 Å². The number of esters is 1. The number of alkyl carbamates (subject to hydrolysis) is 1. The Balaban J connectivity index is 3.96. The fourth-order valence-corrected chi connectivity index (χ4v) is 0.707. The van der Waals surface area contributed by atoms with Crippen molar-refractivity contribution < 1.29 is 19.1 Å². The number of nitrogens with one attached hydrogen (secondary N) is 1. The first-order chi connectivity index (χ1) is 7.11. The third kappa shape index (κ3) is 6.54. The van der Waals surface area contributed by atoms with E-state index in [2.05, 4.69) is 10.1 Å². The van der Waals surface area contributed by atoms with Gasteiger partial charge < -0.3 is 9.47 Å². The average Bonchev–Trinajstić information content (AvgIpc) is 2.22. The van der Waals surface area contributed by atoms with Gasteiger partial charge in [-0.25, -0.2) is 9.59 Å². The van der Waals surface area contributed by atoms with Crippen molar-refractivity contribution in [1.29, 1.82) is 0 Å². The molecule has 5 nitrogen and oxygen atoms in total. The molecule has 0 spiro atoms.